The van der Waals surface area contributed by atoms with Crippen LogP contribution >= 0.6 is 0 Å². The average Bonchev–Trinajstić information content (AvgIpc) is 3.20. The highest BCUT2D eigenvalue weighted by Gasteiger charge is 2.47. The molecule has 0 saturated carbocycles. The fourth-order valence-corrected chi connectivity index (χ4v) is 4.90. The molecule has 2 heterocycles. The number of amides is 2. The first kappa shape index (κ1) is 24.2. The van der Waals surface area contributed by atoms with Crippen LogP contribution in [0.3, 0.4) is 0 Å². The third-order valence-corrected chi connectivity index (χ3v) is 6.80. The molecule has 2 amide bonds. The average molecular weight is 478 g/mol. The van der Waals surface area contributed by atoms with Crippen molar-refractivity contribution in [2.24, 2.45) is 0 Å². The summed E-state index contributed by atoms with van der Waals surface area (Å²) in [6, 6.07) is 7.10. The number of halogens is 4. The van der Waals surface area contributed by atoms with E-state index in [0.29, 0.717) is 13.0 Å². The predicted octanol–water partition coefficient (Wildman–Crippen LogP) is 3.78. The van der Waals surface area contributed by atoms with E-state index >= 15 is 0 Å². The van der Waals surface area contributed by atoms with E-state index in [9.17, 15) is 27.5 Å². The van der Waals surface area contributed by atoms with E-state index in [-0.39, 0.29) is 29.8 Å². The Bertz CT molecular complexity index is 1110. The van der Waals surface area contributed by atoms with Crippen LogP contribution in [0.15, 0.2) is 48.5 Å². The summed E-state index contributed by atoms with van der Waals surface area (Å²) in [5.41, 5.74) is -1.07. The predicted molar refractivity (Wildman–Crippen MR) is 120 cm³/mol. The van der Waals surface area contributed by atoms with Gasteiger partial charge in [-0.3, -0.25) is 0 Å². The number of hydrogen-bond acceptors (Lipinski definition) is 3. The molecule has 34 heavy (non-hydrogen) atoms. The topological polar surface area (TPSA) is 47.0 Å². The maximum Gasteiger partial charge on any atom is 0.321 e. The molecule has 9 heteroatoms. The number of nitrogens with zero attached hydrogens (tertiary/aromatic N) is 3. The van der Waals surface area contributed by atoms with Crippen LogP contribution in [0.2, 0.25) is 0 Å². The zero-order valence-corrected chi connectivity index (χ0v) is 19.0. The van der Waals surface area contributed by atoms with Gasteiger partial charge in [0.2, 0.25) is 0 Å². The second-order valence-corrected chi connectivity index (χ2v) is 9.00. The standard InChI is InChI=1S/C25H27F4N3O2/c1-30-9-8-23(22(29)14-30)31(2)24(34)32-13-16(20-11-19(27)6-7-21(20)28)12-25(32,15-33)17-4-3-5-18(26)10-17/h3-7,10-12,22-23,33H,8-9,13-15H2,1-2H3/t22?,23?,25-/m1/s1. The van der Waals surface area contributed by atoms with Crippen LogP contribution in [0.5, 0.6) is 0 Å². The highest BCUT2D eigenvalue weighted by molar-refractivity contribution is 5.83. The van der Waals surface area contributed by atoms with Crippen molar-refractivity contribution in [1.29, 1.82) is 0 Å². The quantitative estimate of drug-likeness (QED) is 0.682. The third kappa shape index (κ3) is 4.30. The molecule has 1 saturated heterocycles. The van der Waals surface area contributed by atoms with Crippen molar-refractivity contribution in [3.8, 4) is 0 Å². The fraction of sp³-hybridized carbons (Fsp3) is 0.400. The fourth-order valence-electron chi connectivity index (χ4n) is 4.90. The molecule has 2 aromatic carbocycles. The monoisotopic (exact) mass is 477 g/mol. The first-order chi connectivity index (χ1) is 16.2. The lowest BCUT2D eigenvalue weighted by atomic mass is 9.89. The van der Waals surface area contributed by atoms with E-state index in [0.717, 1.165) is 18.2 Å². The van der Waals surface area contributed by atoms with E-state index in [1.165, 1.54) is 41.1 Å². The Balaban J connectivity index is 1.77. The summed E-state index contributed by atoms with van der Waals surface area (Å²) >= 11 is 0. The molecular formula is C25H27F4N3O2. The SMILES string of the molecule is CN1CCC(N(C)C(=O)N2CC(c3cc(F)ccc3F)=C[C@@]2(CO)c2cccc(F)c2)C(F)C1. The number of hydrogen-bond donors (Lipinski definition) is 1. The van der Waals surface area contributed by atoms with Gasteiger partial charge in [-0.2, -0.15) is 0 Å². The number of carbonyl (C=O) groups is 1. The first-order valence-electron chi connectivity index (χ1n) is 11.1. The van der Waals surface area contributed by atoms with Crippen molar-refractivity contribution < 1.29 is 27.5 Å². The van der Waals surface area contributed by atoms with Crippen LogP contribution in [0.25, 0.3) is 5.57 Å². The molecule has 2 aliphatic rings. The Morgan fingerprint density at radius 2 is 1.91 bits per heavy atom. The van der Waals surface area contributed by atoms with E-state index in [4.69, 9.17) is 0 Å². The zero-order valence-electron chi connectivity index (χ0n) is 19.0. The zero-order chi connectivity index (χ0) is 24.6. The van der Waals surface area contributed by atoms with Gasteiger partial charge < -0.3 is 19.8 Å². The van der Waals surface area contributed by atoms with Crippen molar-refractivity contribution in [3.63, 3.8) is 0 Å². The van der Waals surface area contributed by atoms with E-state index in [1.54, 1.807) is 13.1 Å². The largest absolute Gasteiger partial charge is 0.393 e. The molecule has 0 aliphatic carbocycles. The Morgan fingerprint density at radius 3 is 2.59 bits per heavy atom. The van der Waals surface area contributed by atoms with Crippen molar-refractivity contribution in [3.05, 3.63) is 77.1 Å². The summed E-state index contributed by atoms with van der Waals surface area (Å²) in [6.45, 7) is -0.0296. The van der Waals surface area contributed by atoms with Crippen molar-refractivity contribution >= 4 is 11.6 Å². The second kappa shape index (κ2) is 9.38. The molecular weight excluding hydrogens is 450 g/mol. The molecule has 2 aromatic rings. The van der Waals surface area contributed by atoms with Gasteiger partial charge in [0.1, 0.15) is 29.2 Å². The van der Waals surface area contributed by atoms with E-state index in [2.05, 4.69) is 0 Å². The molecule has 0 radical (unpaired) electrons. The van der Waals surface area contributed by atoms with Crippen LogP contribution < -0.4 is 0 Å². The van der Waals surface area contributed by atoms with Gasteiger partial charge in [0.25, 0.3) is 0 Å². The number of rotatable bonds is 4. The van der Waals surface area contributed by atoms with Gasteiger partial charge in [-0.15, -0.1) is 0 Å². The maximum absolute atomic E-state index is 14.8. The minimum Gasteiger partial charge on any atom is -0.393 e. The Kier molecular flexibility index (Phi) is 6.69. The lowest BCUT2D eigenvalue weighted by molar-refractivity contribution is 0.0416. The summed E-state index contributed by atoms with van der Waals surface area (Å²) in [6.07, 6.45) is 0.604. The molecule has 3 atom stereocenters. The Hall–Kier alpha value is -2.91. The summed E-state index contributed by atoms with van der Waals surface area (Å²) in [5, 5.41) is 10.5. The number of alkyl halides is 1. The molecule has 1 N–H and O–H groups in total. The van der Waals surface area contributed by atoms with Gasteiger partial charge in [0.15, 0.2) is 0 Å². The molecule has 2 aliphatic heterocycles. The number of benzene rings is 2. The van der Waals surface area contributed by atoms with Crippen LogP contribution in [0.1, 0.15) is 17.5 Å². The molecule has 5 nitrogen and oxygen atoms in total. The maximum atomic E-state index is 14.8. The van der Waals surface area contributed by atoms with Gasteiger partial charge in [-0.05, 0) is 61.0 Å². The molecule has 182 valence electrons. The molecule has 4 rings (SSSR count). The van der Waals surface area contributed by atoms with Crippen LogP contribution in [-0.2, 0) is 5.54 Å². The Labute approximate surface area is 195 Å². The third-order valence-electron chi connectivity index (χ3n) is 6.80. The number of urea groups is 1. The lowest BCUT2D eigenvalue weighted by Crippen LogP contribution is -2.58. The van der Waals surface area contributed by atoms with Crippen LogP contribution in [-0.4, -0.2) is 78.4 Å². The van der Waals surface area contributed by atoms with Gasteiger partial charge in [0.05, 0.1) is 12.6 Å². The first-order valence-corrected chi connectivity index (χ1v) is 11.1. The molecule has 0 aromatic heterocycles. The van der Waals surface area contributed by atoms with Gasteiger partial charge in [-0.1, -0.05) is 12.1 Å². The minimum absolute atomic E-state index is 0.0603. The number of aliphatic hydroxyl groups is 1. The summed E-state index contributed by atoms with van der Waals surface area (Å²) in [7, 11) is 3.29. The van der Waals surface area contributed by atoms with E-state index < -0.39 is 47.8 Å². The summed E-state index contributed by atoms with van der Waals surface area (Å²) < 4.78 is 57.5. The number of carbonyl (C=O) groups excluding carboxylic acids is 1. The normalized spacial score (nSPS) is 25.4. The van der Waals surface area contributed by atoms with Gasteiger partial charge in [0, 0.05) is 32.2 Å². The highest BCUT2D eigenvalue weighted by Crippen LogP contribution is 2.42. The summed E-state index contributed by atoms with van der Waals surface area (Å²) in [4.78, 5) is 18.1. The van der Waals surface area contributed by atoms with Crippen molar-refractivity contribution in [1.82, 2.24) is 14.7 Å². The van der Waals surface area contributed by atoms with Crippen LogP contribution in [0, 0.1) is 17.5 Å². The van der Waals surface area contributed by atoms with Crippen molar-refractivity contribution in [2.45, 2.75) is 24.2 Å². The van der Waals surface area contributed by atoms with Crippen molar-refractivity contribution in [2.75, 3.05) is 40.3 Å². The summed E-state index contributed by atoms with van der Waals surface area (Å²) in [5.74, 6) is -1.93. The molecule has 0 bridgehead atoms. The number of aliphatic hydroxyl groups excluding tert-OH is 1. The minimum atomic E-state index is -1.54. The number of piperidine rings is 1. The van der Waals surface area contributed by atoms with Crippen LogP contribution in [0.4, 0.5) is 22.4 Å². The lowest BCUT2D eigenvalue weighted by Gasteiger charge is -2.43. The second-order valence-electron chi connectivity index (χ2n) is 9.00. The molecule has 1 fully saturated rings. The Morgan fingerprint density at radius 1 is 1.18 bits per heavy atom. The molecule has 2 unspecified atom stereocenters. The van der Waals surface area contributed by atoms with Gasteiger partial charge >= 0.3 is 6.03 Å². The number of likely N-dealkylation sites (tertiary alicyclic amines) is 1. The highest BCUT2D eigenvalue weighted by atomic mass is 19.1. The smallest absolute Gasteiger partial charge is 0.321 e. The van der Waals surface area contributed by atoms with Gasteiger partial charge in [-0.25, -0.2) is 22.4 Å². The van der Waals surface area contributed by atoms with E-state index in [1.807, 2.05) is 4.90 Å². The molecule has 0 spiro atoms.